The lowest BCUT2D eigenvalue weighted by Crippen LogP contribution is -2.51. The van der Waals surface area contributed by atoms with Crippen molar-refractivity contribution < 1.29 is 4.74 Å². The van der Waals surface area contributed by atoms with Gasteiger partial charge < -0.3 is 10.1 Å². The lowest BCUT2D eigenvalue weighted by molar-refractivity contribution is 0.132. The highest BCUT2D eigenvalue weighted by atomic mass is 16.5. The van der Waals surface area contributed by atoms with Gasteiger partial charge in [0, 0.05) is 13.1 Å². The number of rotatable bonds is 2. The summed E-state index contributed by atoms with van der Waals surface area (Å²) in [5.74, 6) is -0.0916. The number of nitrogens with zero attached hydrogens (tertiary/aromatic N) is 1. The summed E-state index contributed by atoms with van der Waals surface area (Å²) in [6.45, 7) is 1.39. The number of hydrogen-bond acceptors (Lipinski definition) is 5. The van der Waals surface area contributed by atoms with Gasteiger partial charge in [0.05, 0.1) is 0 Å². The fourth-order valence-corrected chi connectivity index (χ4v) is 0.920. The molecular weight excluding hydrogens is 176 g/mol. The summed E-state index contributed by atoms with van der Waals surface area (Å²) in [6.07, 6.45) is -0.0282. The second kappa shape index (κ2) is 3.02. The lowest BCUT2D eigenvalue weighted by Gasteiger charge is -2.26. The van der Waals surface area contributed by atoms with E-state index in [1.165, 1.54) is 0 Å². The average Bonchev–Trinajstić information content (AvgIpc) is 1.99. The van der Waals surface area contributed by atoms with Gasteiger partial charge in [0.2, 0.25) is 0 Å². The molecule has 2 heterocycles. The van der Waals surface area contributed by atoms with E-state index >= 15 is 0 Å². The molecule has 1 aromatic heterocycles. The van der Waals surface area contributed by atoms with Gasteiger partial charge in [0.1, 0.15) is 6.10 Å². The fourth-order valence-electron chi connectivity index (χ4n) is 0.920. The second-order valence-corrected chi connectivity index (χ2v) is 2.71. The molecule has 3 N–H and O–H groups in total. The molecule has 0 saturated carbocycles. The van der Waals surface area contributed by atoms with Gasteiger partial charge in [0.15, 0.2) is 0 Å². The van der Waals surface area contributed by atoms with Crippen molar-refractivity contribution in [3.63, 3.8) is 0 Å². The number of hydrogen-bond donors (Lipinski definition) is 3. The highest BCUT2D eigenvalue weighted by Gasteiger charge is 2.20. The Morgan fingerprint density at radius 1 is 1.38 bits per heavy atom. The van der Waals surface area contributed by atoms with Crippen molar-refractivity contribution >= 4 is 0 Å². The van der Waals surface area contributed by atoms with Crippen molar-refractivity contribution in [2.45, 2.75) is 6.10 Å². The summed E-state index contributed by atoms with van der Waals surface area (Å²) in [6, 6.07) is 0. The molecule has 1 aromatic rings. The Kier molecular flexibility index (Phi) is 1.85. The van der Waals surface area contributed by atoms with Crippen LogP contribution in [0.3, 0.4) is 0 Å². The topological polar surface area (TPSA) is 99.9 Å². The quantitative estimate of drug-likeness (QED) is 0.484. The third-order valence-electron chi connectivity index (χ3n) is 1.70. The zero-order valence-electron chi connectivity index (χ0n) is 6.66. The monoisotopic (exact) mass is 184 g/mol. The molecule has 7 heteroatoms. The van der Waals surface area contributed by atoms with Crippen LogP contribution in [0, 0.1) is 0 Å². The summed E-state index contributed by atoms with van der Waals surface area (Å²) in [5, 5.41) is 8.53. The van der Waals surface area contributed by atoms with Crippen molar-refractivity contribution in [2.24, 2.45) is 0 Å². The molecule has 1 saturated heterocycles. The molecule has 1 fully saturated rings. The summed E-state index contributed by atoms with van der Waals surface area (Å²) in [7, 11) is 0. The number of H-pyrrole nitrogens is 2. The zero-order valence-corrected chi connectivity index (χ0v) is 6.66. The Morgan fingerprint density at radius 3 is 2.69 bits per heavy atom. The van der Waals surface area contributed by atoms with E-state index in [9.17, 15) is 9.59 Å². The Labute approximate surface area is 72.1 Å². The first-order valence-electron chi connectivity index (χ1n) is 3.82. The molecule has 1 aliphatic rings. The van der Waals surface area contributed by atoms with E-state index in [2.05, 4.69) is 15.5 Å². The van der Waals surface area contributed by atoms with Gasteiger partial charge >= 0.3 is 11.2 Å². The average molecular weight is 184 g/mol. The summed E-state index contributed by atoms with van der Waals surface area (Å²) in [5.41, 5.74) is -1.24. The predicted molar refractivity (Wildman–Crippen MR) is 42.8 cm³/mol. The zero-order chi connectivity index (χ0) is 9.26. The largest absolute Gasteiger partial charge is 0.467 e. The lowest BCUT2D eigenvalue weighted by atomic mass is 10.2. The summed E-state index contributed by atoms with van der Waals surface area (Å²) in [4.78, 5) is 23.6. The van der Waals surface area contributed by atoms with E-state index in [1.807, 2.05) is 4.98 Å². The normalized spacial score (nSPS) is 16.6. The van der Waals surface area contributed by atoms with Gasteiger partial charge in [-0.3, -0.25) is 9.78 Å². The van der Waals surface area contributed by atoms with Crippen LogP contribution in [0.2, 0.25) is 0 Å². The highest BCUT2D eigenvalue weighted by Crippen LogP contribution is 2.01. The Hall–Kier alpha value is -1.63. The Bertz CT molecular complexity index is 405. The van der Waals surface area contributed by atoms with Crippen LogP contribution in [-0.2, 0) is 0 Å². The van der Waals surface area contributed by atoms with Gasteiger partial charge in [0.25, 0.3) is 5.88 Å². The fraction of sp³-hybridized carbons (Fsp3) is 0.500. The molecule has 0 radical (unpaired) electrons. The first-order valence-corrected chi connectivity index (χ1v) is 3.82. The van der Waals surface area contributed by atoms with E-state index in [4.69, 9.17) is 4.74 Å². The molecule has 0 aromatic carbocycles. The number of nitrogens with one attached hydrogen (secondary N) is 3. The Balaban J connectivity index is 2.20. The summed E-state index contributed by atoms with van der Waals surface area (Å²) < 4.78 is 5.15. The smallest absolute Gasteiger partial charge is 0.342 e. The molecule has 0 atom stereocenters. The van der Waals surface area contributed by atoms with Gasteiger partial charge in [-0.25, -0.2) is 9.89 Å². The van der Waals surface area contributed by atoms with Crippen LogP contribution in [-0.4, -0.2) is 34.4 Å². The maximum Gasteiger partial charge on any atom is 0.342 e. The SMILES string of the molecule is O=c1[nH]nc(OC2CNC2)c(=O)[nH]1. The molecule has 0 unspecified atom stereocenters. The second-order valence-electron chi connectivity index (χ2n) is 2.71. The first-order chi connectivity index (χ1) is 6.25. The van der Waals surface area contributed by atoms with Gasteiger partial charge in [-0.1, -0.05) is 0 Å². The molecule has 0 aliphatic carbocycles. The van der Waals surface area contributed by atoms with E-state index in [-0.39, 0.29) is 12.0 Å². The van der Waals surface area contributed by atoms with Crippen molar-refractivity contribution in [1.29, 1.82) is 0 Å². The van der Waals surface area contributed by atoms with E-state index in [1.54, 1.807) is 0 Å². The molecule has 2 rings (SSSR count). The standard InChI is InChI=1S/C6H8N4O3/c11-4-5(9-10-6(12)8-4)13-3-1-7-2-3/h3,7H,1-2H2,(H2,8,10,11,12). The van der Waals surface area contributed by atoms with Crippen molar-refractivity contribution in [1.82, 2.24) is 20.5 Å². The highest BCUT2D eigenvalue weighted by molar-refractivity contribution is 5.01. The molecule has 13 heavy (non-hydrogen) atoms. The van der Waals surface area contributed by atoms with Crippen LogP contribution < -0.4 is 21.3 Å². The summed E-state index contributed by atoms with van der Waals surface area (Å²) >= 11 is 0. The van der Waals surface area contributed by atoms with Crippen molar-refractivity contribution in [3.05, 3.63) is 20.8 Å². The van der Waals surface area contributed by atoms with Crippen molar-refractivity contribution in [2.75, 3.05) is 13.1 Å². The Morgan fingerprint density at radius 2 is 2.15 bits per heavy atom. The number of ether oxygens (including phenoxy) is 1. The molecule has 0 amide bonds. The van der Waals surface area contributed by atoms with Gasteiger partial charge in [-0.2, -0.15) is 0 Å². The third-order valence-corrected chi connectivity index (χ3v) is 1.70. The van der Waals surface area contributed by atoms with Gasteiger partial charge in [-0.05, 0) is 0 Å². The molecule has 0 bridgehead atoms. The molecule has 1 aliphatic heterocycles. The van der Waals surface area contributed by atoms with E-state index < -0.39 is 11.2 Å². The molecular formula is C6H8N4O3. The molecule has 7 nitrogen and oxygen atoms in total. The van der Waals surface area contributed by atoms with Crippen molar-refractivity contribution in [3.8, 4) is 5.88 Å². The minimum atomic E-state index is -0.635. The van der Waals surface area contributed by atoms with Crippen LogP contribution in [0.4, 0.5) is 0 Å². The van der Waals surface area contributed by atoms with E-state index in [0.717, 1.165) is 0 Å². The third kappa shape index (κ3) is 1.59. The van der Waals surface area contributed by atoms with Crippen LogP contribution in [0.1, 0.15) is 0 Å². The first kappa shape index (κ1) is 7.99. The minimum absolute atomic E-state index is 0.0282. The number of aromatic amines is 2. The van der Waals surface area contributed by atoms with E-state index in [0.29, 0.717) is 13.1 Å². The van der Waals surface area contributed by atoms with Crippen LogP contribution >= 0.6 is 0 Å². The predicted octanol–water partition coefficient (Wildman–Crippen LogP) is -2.19. The molecule has 70 valence electrons. The maximum absolute atomic E-state index is 11.0. The maximum atomic E-state index is 11.0. The molecule has 0 spiro atoms. The number of aromatic nitrogens is 3. The van der Waals surface area contributed by atoms with Gasteiger partial charge in [-0.15, -0.1) is 5.10 Å². The minimum Gasteiger partial charge on any atom is -0.467 e. The van der Waals surface area contributed by atoms with Crippen LogP contribution in [0.15, 0.2) is 9.59 Å². The van der Waals surface area contributed by atoms with Crippen LogP contribution in [0.5, 0.6) is 5.88 Å². The van der Waals surface area contributed by atoms with Crippen LogP contribution in [0.25, 0.3) is 0 Å².